The first-order chi connectivity index (χ1) is 11.5. The number of nitro benzene ring substituents is 1. The van der Waals surface area contributed by atoms with E-state index in [1.165, 1.54) is 18.0 Å². The molecule has 0 aromatic heterocycles. The molecule has 1 unspecified atom stereocenters. The van der Waals surface area contributed by atoms with Gasteiger partial charge in [0.15, 0.2) is 0 Å². The van der Waals surface area contributed by atoms with Crippen molar-refractivity contribution in [1.82, 2.24) is 0 Å². The number of amides is 1. The van der Waals surface area contributed by atoms with E-state index in [0.29, 0.717) is 17.0 Å². The topological polar surface area (TPSA) is 93.5 Å². The predicted molar refractivity (Wildman–Crippen MR) is 92.3 cm³/mol. The van der Waals surface area contributed by atoms with Crippen LogP contribution in [0.1, 0.15) is 12.5 Å². The van der Waals surface area contributed by atoms with Gasteiger partial charge in [-0.25, -0.2) is 4.79 Å². The fourth-order valence-corrected chi connectivity index (χ4v) is 3.18. The first-order valence-electron chi connectivity index (χ1n) is 7.30. The first-order valence-corrected chi connectivity index (χ1v) is 8.11. The van der Waals surface area contributed by atoms with Gasteiger partial charge in [-0.1, -0.05) is 12.1 Å². The lowest BCUT2D eigenvalue weighted by Gasteiger charge is -2.11. The molecule has 2 N–H and O–H groups in total. The van der Waals surface area contributed by atoms with Gasteiger partial charge in [-0.2, -0.15) is 0 Å². The molecule has 124 valence electrons. The van der Waals surface area contributed by atoms with E-state index in [1.54, 1.807) is 30.3 Å². The lowest BCUT2D eigenvalue weighted by Crippen LogP contribution is -2.17. The molecule has 0 bridgehead atoms. The van der Waals surface area contributed by atoms with Crippen molar-refractivity contribution in [3.63, 3.8) is 0 Å². The summed E-state index contributed by atoms with van der Waals surface area (Å²) in [6.07, 6.45) is -0.0830. The van der Waals surface area contributed by atoms with E-state index in [4.69, 9.17) is 4.74 Å². The highest BCUT2D eigenvalue weighted by molar-refractivity contribution is 8.00. The first kappa shape index (κ1) is 16.1. The Balaban J connectivity index is 1.78. The van der Waals surface area contributed by atoms with E-state index in [-0.39, 0.29) is 11.8 Å². The van der Waals surface area contributed by atoms with E-state index < -0.39 is 11.0 Å². The normalized spacial score (nSPS) is 16.4. The maximum Gasteiger partial charge on any atom is 0.411 e. The minimum absolute atomic E-state index is 0.0547. The van der Waals surface area contributed by atoms with Crippen molar-refractivity contribution in [3.05, 3.63) is 58.1 Å². The summed E-state index contributed by atoms with van der Waals surface area (Å²) in [5, 5.41) is 13.7. The Morgan fingerprint density at radius 3 is 2.92 bits per heavy atom. The van der Waals surface area contributed by atoms with Gasteiger partial charge < -0.3 is 9.46 Å². The lowest BCUT2D eigenvalue weighted by molar-refractivity contribution is -0.387. The Kier molecular flexibility index (Phi) is 4.57. The van der Waals surface area contributed by atoms with Crippen molar-refractivity contribution in [1.29, 1.82) is 0 Å². The van der Waals surface area contributed by atoms with Crippen LogP contribution in [0, 0.1) is 10.1 Å². The van der Waals surface area contributed by atoms with Crippen molar-refractivity contribution in [3.8, 4) is 0 Å². The van der Waals surface area contributed by atoms with Crippen LogP contribution in [0.5, 0.6) is 0 Å². The number of rotatable bonds is 4. The number of nitrogens with one attached hydrogen (secondary N) is 2. The molecular weight excluding hydrogens is 330 g/mol. The average molecular weight is 345 g/mol. The molecule has 0 saturated heterocycles. The average Bonchev–Trinajstić information content (AvgIpc) is 2.68. The van der Waals surface area contributed by atoms with Gasteiger partial charge in [0.25, 0.3) is 5.69 Å². The smallest absolute Gasteiger partial charge is 0.411 e. The van der Waals surface area contributed by atoms with Crippen LogP contribution in [-0.4, -0.2) is 17.1 Å². The van der Waals surface area contributed by atoms with Crippen LogP contribution in [0.3, 0.4) is 0 Å². The largest absolute Gasteiger partial charge is 0.446 e. The summed E-state index contributed by atoms with van der Waals surface area (Å²) in [5.41, 5.74) is 2.51. The lowest BCUT2D eigenvalue weighted by atomic mass is 10.1. The Labute approximate surface area is 142 Å². The van der Waals surface area contributed by atoms with Gasteiger partial charge in [0.05, 0.1) is 4.92 Å². The number of nitrogens with zero attached hydrogens (tertiary/aromatic N) is 1. The minimum Gasteiger partial charge on any atom is -0.446 e. The van der Waals surface area contributed by atoms with Gasteiger partial charge in [-0.05, 0) is 48.7 Å². The third-order valence-corrected chi connectivity index (χ3v) is 4.40. The van der Waals surface area contributed by atoms with E-state index in [0.717, 1.165) is 11.3 Å². The molecule has 0 saturated carbocycles. The molecule has 0 fully saturated rings. The van der Waals surface area contributed by atoms with Crippen molar-refractivity contribution >= 4 is 35.1 Å². The molecule has 7 nitrogen and oxygen atoms in total. The quantitative estimate of drug-likeness (QED) is 0.490. The second kappa shape index (κ2) is 6.79. The molecule has 8 heteroatoms. The number of anilines is 2. The van der Waals surface area contributed by atoms with E-state index in [1.807, 2.05) is 13.0 Å². The second-order valence-electron chi connectivity index (χ2n) is 5.35. The maximum atomic E-state index is 11.5. The fourth-order valence-electron chi connectivity index (χ4n) is 2.43. The minimum atomic E-state index is -0.462. The number of carbonyl (C=O) groups excluding carboxylic acids is 1. The Morgan fingerprint density at radius 2 is 2.12 bits per heavy atom. The molecule has 1 aliphatic rings. The zero-order chi connectivity index (χ0) is 17.1. The second-order valence-corrected chi connectivity index (χ2v) is 6.19. The summed E-state index contributed by atoms with van der Waals surface area (Å²) >= 11 is 1.18. The number of hydrogen-bond acceptors (Lipinski definition) is 6. The van der Waals surface area contributed by atoms with E-state index in [2.05, 4.69) is 10.0 Å². The fraction of sp³-hybridized carbons (Fsp3) is 0.188. The van der Waals surface area contributed by atoms with Crippen molar-refractivity contribution in [2.75, 3.05) is 10.0 Å². The molecule has 0 aliphatic carbocycles. The zero-order valence-electron chi connectivity index (χ0n) is 12.8. The molecule has 2 aromatic rings. The van der Waals surface area contributed by atoms with Crippen LogP contribution in [0.4, 0.5) is 21.9 Å². The molecule has 0 radical (unpaired) electrons. The Morgan fingerprint density at radius 1 is 1.33 bits per heavy atom. The molecular formula is C16H15N3O4S. The van der Waals surface area contributed by atoms with Crippen LogP contribution in [-0.2, 0) is 11.2 Å². The summed E-state index contributed by atoms with van der Waals surface area (Å²) in [7, 11) is 0. The van der Waals surface area contributed by atoms with E-state index in [9.17, 15) is 14.9 Å². The van der Waals surface area contributed by atoms with Gasteiger partial charge in [0, 0.05) is 23.9 Å². The standard InChI is InChI=1S/C16H15N3O4S/c1-10-8-11-9-12(6-7-13(11)17-16(20)23-10)18-24-15-5-3-2-4-14(15)19(21)22/h2-7,9-10,18H,8H2,1H3,(H,17,20). The Hall–Kier alpha value is -2.74. The summed E-state index contributed by atoms with van der Waals surface area (Å²) < 4.78 is 8.27. The van der Waals surface area contributed by atoms with Gasteiger partial charge in [0.1, 0.15) is 11.0 Å². The SMILES string of the molecule is CC1Cc2cc(NSc3ccccc3[N+](=O)[O-])ccc2NC(=O)O1. The third-order valence-electron chi connectivity index (χ3n) is 3.50. The molecule has 1 heterocycles. The summed E-state index contributed by atoms with van der Waals surface area (Å²) in [5.74, 6) is 0. The molecule has 3 rings (SSSR count). The van der Waals surface area contributed by atoms with Gasteiger partial charge in [0.2, 0.25) is 0 Å². The number of carbonyl (C=O) groups is 1. The monoisotopic (exact) mass is 345 g/mol. The highest BCUT2D eigenvalue weighted by Gasteiger charge is 2.19. The van der Waals surface area contributed by atoms with Gasteiger partial charge in [-0.15, -0.1) is 0 Å². The number of cyclic esters (lactones) is 1. The molecule has 1 amide bonds. The number of fused-ring (bicyclic) bond motifs is 1. The number of benzene rings is 2. The molecule has 1 atom stereocenters. The van der Waals surface area contributed by atoms with Crippen LogP contribution in [0.15, 0.2) is 47.4 Å². The van der Waals surface area contributed by atoms with Gasteiger partial charge in [-0.3, -0.25) is 15.4 Å². The zero-order valence-corrected chi connectivity index (χ0v) is 13.6. The number of para-hydroxylation sites is 1. The number of nitro groups is 1. The van der Waals surface area contributed by atoms with Crippen LogP contribution in [0.25, 0.3) is 0 Å². The predicted octanol–water partition coefficient (Wildman–Crippen LogP) is 4.21. The van der Waals surface area contributed by atoms with Crippen LogP contribution >= 0.6 is 11.9 Å². The molecule has 1 aliphatic heterocycles. The van der Waals surface area contributed by atoms with Crippen LogP contribution in [0.2, 0.25) is 0 Å². The summed E-state index contributed by atoms with van der Waals surface area (Å²) in [6.45, 7) is 1.83. The van der Waals surface area contributed by atoms with Crippen molar-refractivity contribution in [2.45, 2.75) is 24.3 Å². The van der Waals surface area contributed by atoms with Crippen LogP contribution < -0.4 is 10.0 Å². The number of ether oxygens (including phenoxy) is 1. The highest BCUT2D eigenvalue weighted by atomic mass is 32.2. The molecule has 0 spiro atoms. The Bertz CT molecular complexity index is 797. The summed E-state index contributed by atoms with van der Waals surface area (Å²) in [4.78, 5) is 22.7. The van der Waals surface area contributed by atoms with E-state index >= 15 is 0 Å². The highest BCUT2D eigenvalue weighted by Crippen LogP contribution is 2.31. The summed E-state index contributed by atoms with van der Waals surface area (Å²) in [6, 6.07) is 12.0. The van der Waals surface area contributed by atoms with Crippen molar-refractivity contribution in [2.24, 2.45) is 0 Å². The van der Waals surface area contributed by atoms with Gasteiger partial charge >= 0.3 is 6.09 Å². The molecule has 2 aromatic carbocycles. The third kappa shape index (κ3) is 3.60. The maximum absolute atomic E-state index is 11.5. The number of hydrogen-bond donors (Lipinski definition) is 2. The molecule has 24 heavy (non-hydrogen) atoms. The van der Waals surface area contributed by atoms with Crippen molar-refractivity contribution < 1.29 is 14.5 Å².